The van der Waals surface area contributed by atoms with E-state index in [0.717, 1.165) is 31.7 Å². The van der Waals surface area contributed by atoms with Gasteiger partial charge in [-0.1, -0.05) is 46.0 Å². The maximum atomic E-state index is 5.92. The van der Waals surface area contributed by atoms with Gasteiger partial charge < -0.3 is 9.47 Å². The van der Waals surface area contributed by atoms with Gasteiger partial charge in [0, 0.05) is 19.1 Å². The fraction of sp³-hybridized carbons (Fsp3) is 1.00. The van der Waals surface area contributed by atoms with Crippen LogP contribution in [0, 0.1) is 17.3 Å². The molecule has 1 unspecified atom stereocenters. The molecule has 0 aromatic heterocycles. The smallest absolute Gasteiger partial charge is 0.0547 e. The Labute approximate surface area is 133 Å². The molecule has 0 bridgehead atoms. The van der Waals surface area contributed by atoms with Crippen LogP contribution in [0.3, 0.4) is 0 Å². The molecule has 0 saturated heterocycles. The fourth-order valence-electron chi connectivity index (χ4n) is 4.12. The lowest BCUT2D eigenvalue weighted by Gasteiger charge is -2.43. The van der Waals surface area contributed by atoms with E-state index in [1.54, 1.807) is 0 Å². The molecule has 1 atom stereocenters. The number of hydrogen-bond acceptors (Lipinski definition) is 2. The first-order chi connectivity index (χ1) is 10.2. The lowest BCUT2D eigenvalue weighted by molar-refractivity contribution is -0.0595. The number of ether oxygens (including phenoxy) is 2. The number of methoxy groups -OCH3 is 1. The molecule has 0 heterocycles. The average molecular weight is 299 g/mol. The molecule has 0 amide bonds. The maximum absolute atomic E-state index is 5.92. The van der Waals surface area contributed by atoms with E-state index in [4.69, 9.17) is 9.47 Å². The molecule has 0 N–H and O–H groups in total. The Morgan fingerprint density at radius 3 is 2.19 bits per heavy atom. The van der Waals surface area contributed by atoms with Crippen molar-refractivity contribution in [1.82, 2.24) is 0 Å². The third-order valence-electron chi connectivity index (χ3n) is 5.70. The van der Waals surface area contributed by atoms with E-state index < -0.39 is 0 Å². The van der Waals surface area contributed by atoms with Crippen LogP contribution >= 0.6 is 0 Å². The van der Waals surface area contributed by atoms with Crippen molar-refractivity contribution in [2.24, 2.45) is 17.3 Å². The summed E-state index contributed by atoms with van der Waals surface area (Å²) in [6.07, 6.45) is 12.2. The van der Waals surface area contributed by atoms with E-state index in [0.29, 0.717) is 0 Å². The summed E-state index contributed by atoms with van der Waals surface area (Å²) in [6.45, 7) is 9.35. The van der Waals surface area contributed by atoms with Gasteiger partial charge in [0.1, 0.15) is 0 Å². The van der Waals surface area contributed by atoms with Crippen LogP contribution in [0.5, 0.6) is 0 Å². The lowest BCUT2D eigenvalue weighted by atomic mass is 9.66. The number of rotatable bonds is 11. The highest BCUT2D eigenvalue weighted by atomic mass is 16.5. The van der Waals surface area contributed by atoms with Crippen LogP contribution in [0.4, 0.5) is 0 Å². The van der Waals surface area contributed by atoms with Crippen LogP contribution in [0.2, 0.25) is 0 Å². The molecule has 0 aliphatic heterocycles. The zero-order valence-electron chi connectivity index (χ0n) is 15.0. The molecule has 1 aliphatic rings. The Balaban J connectivity index is 2.76. The van der Waals surface area contributed by atoms with Crippen LogP contribution in [0.1, 0.15) is 78.6 Å². The summed E-state index contributed by atoms with van der Waals surface area (Å²) in [4.78, 5) is 0. The molecular weight excluding hydrogens is 260 g/mol. The van der Waals surface area contributed by atoms with Crippen LogP contribution in [-0.2, 0) is 9.47 Å². The van der Waals surface area contributed by atoms with E-state index in [1.807, 2.05) is 7.11 Å². The van der Waals surface area contributed by atoms with Crippen molar-refractivity contribution < 1.29 is 9.47 Å². The van der Waals surface area contributed by atoms with Crippen molar-refractivity contribution in [2.75, 3.05) is 26.9 Å². The Morgan fingerprint density at radius 2 is 1.67 bits per heavy atom. The van der Waals surface area contributed by atoms with Gasteiger partial charge in [-0.15, -0.1) is 0 Å². The lowest BCUT2D eigenvalue weighted by Crippen LogP contribution is -2.41. The van der Waals surface area contributed by atoms with Gasteiger partial charge in [0.25, 0.3) is 0 Å². The molecule has 0 radical (unpaired) electrons. The molecule has 126 valence electrons. The second-order valence-corrected chi connectivity index (χ2v) is 6.99. The highest BCUT2D eigenvalue weighted by Gasteiger charge is 2.39. The third-order valence-corrected chi connectivity index (χ3v) is 5.70. The van der Waals surface area contributed by atoms with Gasteiger partial charge in [0.15, 0.2) is 0 Å². The molecule has 2 nitrogen and oxygen atoms in total. The van der Waals surface area contributed by atoms with E-state index in [9.17, 15) is 0 Å². The molecule has 0 spiro atoms. The average Bonchev–Trinajstić information content (AvgIpc) is 2.54. The minimum absolute atomic E-state index is 0.258. The SMILES string of the molecule is CCOCC(CCC(CC)CC)(COC)C1CCCCC1. The molecule has 21 heavy (non-hydrogen) atoms. The second-order valence-electron chi connectivity index (χ2n) is 6.99. The fourth-order valence-corrected chi connectivity index (χ4v) is 4.12. The van der Waals surface area contributed by atoms with Gasteiger partial charge in [-0.05, 0) is 44.4 Å². The quantitative estimate of drug-likeness (QED) is 0.505. The van der Waals surface area contributed by atoms with Crippen LogP contribution in [-0.4, -0.2) is 26.9 Å². The molecule has 0 aromatic carbocycles. The topological polar surface area (TPSA) is 18.5 Å². The summed E-state index contributed by atoms with van der Waals surface area (Å²) in [5.41, 5.74) is 0.258. The summed E-state index contributed by atoms with van der Waals surface area (Å²) in [5.74, 6) is 1.67. The molecule has 0 aromatic rings. The van der Waals surface area contributed by atoms with Crippen molar-refractivity contribution in [1.29, 1.82) is 0 Å². The second kappa shape index (κ2) is 10.6. The molecule has 1 aliphatic carbocycles. The van der Waals surface area contributed by atoms with Gasteiger partial charge in [-0.25, -0.2) is 0 Å². The van der Waals surface area contributed by atoms with Crippen LogP contribution in [0.15, 0.2) is 0 Å². The molecule has 1 saturated carbocycles. The first-order valence-corrected chi connectivity index (χ1v) is 9.29. The normalized spacial score (nSPS) is 19.9. The van der Waals surface area contributed by atoms with Crippen molar-refractivity contribution in [3.63, 3.8) is 0 Å². The van der Waals surface area contributed by atoms with E-state index >= 15 is 0 Å². The summed E-state index contributed by atoms with van der Waals surface area (Å²) in [7, 11) is 1.86. The standard InChI is InChI=1S/C19H38O2/c1-5-17(6-2)13-14-19(15-20-4,16-21-7-3)18-11-9-8-10-12-18/h17-18H,5-16H2,1-4H3. The minimum Gasteiger partial charge on any atom is -0.384 e. The highest BCUT2D eigenvalue weighted by molar-refractivity contribution is 4.89. The summed E-state index contributed by atoms with van der Waals surface area (Å²) in [5, 5.41) is 0. The summed E-state index contributed by atoms with van der Waals surface area (Å²) in [6, 6.07) is 0. The van der Waals surface area contributed by atoms with Crippen LogP contribution in [0.25, 0.3) is 0 Å². The van der Waals surface area contributed by atoms with Gasteiger partial charge in [-0.2, -0.15) is 0 Å². The molecule has 2 heteroatoms. The van der Waals surface area contributed by atoms with Crippen LogP contribution < -0.4 is 0 Å². The van der Waals surface area contributed by atoms with Crippen molar-refractivity contribution >= 4 is 0 Å². The highest BCUT2D eigenvalue weighted by Crippen LogP contribution is 2.43. The summed E-state index contributed by atoms with van der Waals surface area (Å²) >= 11 is 0. The Bertz CT molecular complexity index is 244. The first-order valence-electron chi connectivity index (χ1n) is 9.29. The predicted octanol–water partition coefficient (Wildman–Crippen LogP) is 5.45. The van der Waals surface area contributed by atoms with Crippen molar-refractivity contribution in [2.45, 2.75) is 78.6 Å². The Kier molecular flexibility index (Phi) is 9.59. The Hall–Kier alpha value is -0.0800. The zero-order chi connectivity index (χ0) is 15.6. The minimum atomic E-state index is 0.258. The number of hydrogen-bond donors (Lipinski definition) is 0. The Morgan fingerprint density at radius 1 is 1.00 bits per heavy atom. The maximum Gasteiger partial charge on any atom is 0.0547 e. The van der Waals surface area contributed by atoms with Gasteiger partial charge >= 0.3 is 0 Å². The molecule has 1 fully saturated rings. The van der Waals surface area contributed by atoms with E-state index in [2.05, 4.69) is 20.8 Å². The van der Waals surface area contributed by atoms with Gasteiger partial charge in [0.2, 0.25) is 0 Å². The largest absolute Gasteiger partial charge is 0.384 e. The van der Waals surface area contributed by atoms with Gasteiger partial charge in [0.05, 0.1) is 13.2 Å². The van der Waals surface area contributed by atoms with Crippen molar-refractivity contribution in [3.8, 4) is 0 Å². The van der Waals surface area contributed by atoms with E-state index in [1.165, 1.54) is 57.8 Å². The van der Waals surface area contributed by atoms with E-state index in [-0.39, 0.29) is 5.41 Å². The molecular formula is C19H38O2. The predicted molar refractivity (Wildman–Crippen MR) is 90.7 cm³/mol. The van der Waals surface area contributed by atoms with Gasteiger partial charge in [-0.3, -0.25) is 0 Å². The zero-order valence-corrected chi connectivity index (χ0v) is 15.0. The molecule has 1 rings (SSSR count). The third kappa shape index (κ3) is 5.90. The monoisotopic (exact) mass is 298 g/mol. The van der Waals surface area contributed by atoms with Crippen molar-refractivity contribution in [3.05, 3.63) is 0 Å². The first kappa shape index (κ1) is 19.0. The summed E-state index contributed by atoms with van der Waals surface area (Å²) < 4.78 is 11.6.